The molecule has 0 aromatic heterocycles. The number of hydrogen-bond acceptors (Lipinski definition) is 3. The van der Waals surface area contributed by atoms with Gasteiger partial charge in [0.05, 0.1) is 6.42 Å². The Morgan fingerprint density at radius 1 is 1.12 bits per heavy atom. The van der Waals surface area contributed by atoms with Crippen molar-refractivity contribution in [2.75, 3.05) is 5.32 Å². The van der Waals surface area contributed by atoms with Crippen molar-refractivity contribution in [1.29, 1.82) is 0 Å². The van der Waals surface area contributed by atoms with E-state index in [1.807, 2.05) is 43.3 Å². The summed E-state index contributed by atoms with van der Waals surface area (Å²) in [6.07, 6.45) is 0.958. The van der Waals surface area contributed by atoms with Crippen molar-refractivity contribution in [2.24, 2.45) is 5.10 Å². The lowest BCUT2D eigenvalue weighted by Crippen LogP contribution is -2.21. The van der Waals surface area contributed by atoms with Crippen molar-refractivity contribution in [3.8, 4) is 0 Å². The lowest BCUT2D eigenvalue weighted by Gasteiger charge is -2.09. The fourth-order valence-electron chi connectivity index (χ4n) is 2.26. The second-order valence-electron chi connectivity index (χ2n) is 5.53. The zero-order chi connectivity index (χ0) is 18.2. The van der Waals surface area contributed by atoms with Gasteiger partial charge < -0.3 is 5.32 Å². The standard InChI is InChI=1S/C19H20IN3O2/c1-3-14-7-4-5-10-17(14)21-18(24)11-13(2)22-23-19(25)15-8-6-9-16(20)12-15/h4-10,12H,3,11H2,1-2H3,(H,21,24)(H,23,25)/b22-13-. The minimum Gasteiger partial charge on any atom is -0.326 e. The Kier molecular flexibility index (Phi) is 7.12. The van der Waals surface area contributed by atoms with Crippen LogP contribution in [0.1, 0.15) is 36.2 Å². The first-order valence-corrected chi connectivity index (χ1v) is 9.04. The normalized spacial score (nSPS) is 11.1. The first-order valence-electron chi connectivity index (χ1n) is 7.96. The Labute approximate surface area is 161 Å². The SMILES string of the molecule is CCc1ccccc1NC(=O)C/C(C)=N\NC(=O)c1cccc(I)c1. The molecular formula is C19H20IN3O2. The first-order chi connectivity index (χ1) is 12.0. The maximum Gasteiger partial charge on any atom is 0.271 e. The highest BCUT2D eigenvalue weighted by atomic mass is 127. The van der Waals surface area contributed by atoms with Crippen LogP contribution in [0.25, 0.3) is 0 Å². The molecule has 5 nitrogen and oxygen atoms in total. The Morgan fingerprint density at radius 2 is 1.88 bits per heavy atom. The first kappa shape index (κ1) is 19.1. The third-order valence-corrected chi connectivity index (χ3v) is 4.19. The summed E-state index contributed by atoms with van der Waals surface area (Å²) in [7, 11) is 0. The maximum atomic E-state index is 12.1. The lowest BCUT2D eigenvalue weighted by atomic mass is 10.1. The monoisotopic (exact) mass is 449 g/mol. The van der Waals surface area contributed by atoms with Crippen LogP contribution < -0.4 is 10.7 Å². The smallest absolute Gasteiger partial charge is 0.271 e. The minimum absolute atomic E-state index is 0.116. The fourth-order valence-corrected chi connectivity index (χ4v) is 2.80. The van der Waals surface area contributed by atoms with E-state index in [4.69, 9.17) is 0 Å². The third kappa shape index (κ3) is 5.97. The van der Waals surface area contributed by atoms with Gasteiger partial charge in [-0.15, -0.1) is 0 Å². The van der Waals surface area contributed by atoms with E-state index in [1.54, 1.807) is 19.1 Å². The maximum absolute atomic E-state index is 12.1. The number of para-hydroxylation sites is 1. The fraction of sp³-hybridized carbons (Fsp3) is 0.211. The summed E-state index contributed by atoms with van der Waals surface area (Å²) in [5, 5.41) is 6.89. The van der Waals surface area contributed by atoms with Crippen LogP contribution in [0.4, 0.5) is 5.69 Å². The van der Waals surface area contributed by atoms with Crippen LogP contribution in [-0.2, 0) is 11.2 Å². The number of halogens is 1. The number of anilines is 1. The van der Waals surface area contributed by atoms with E-state index in [9.17, 15) is 9.59 Å². The van der Waals surface area contributed by atoms with Crippen molar-refractivity contribution >= 4 is 45.8 Å². The molecule has 2 N–H and O–H groups in total. The van der Waals surface area contributed by atoms with Crippen molar-refractivity contribution < 1.29 is 9.59 Å². The van der Waals surface area contributed by atoms with E-state index in [0.717, 1.165) is 21.2 Å². The molecule has 0 atom stereocenters. The summed E-state index contributed by atoms with van der Waals surface area (Å²) in [5.41, 5.74) is 5.44. The van der Waals surface area contributed by atoms with E-state index in [-0.39, 0.29) is 18.2 Å². The number of hydrogen-bond donors (Lipinski definition) is 2. The Balaban J connectivity index is 1.92. The summed E-state index contributed by atoms with van der Waals surface area (Å²) in [6, 6.07) is 14.9. The van der Waals surface area contributed by atoms with Crippen LogP contribution >= 0.6 is 22.6 Å². The number of nitrogens with zero attached hydrogens (tertiary/aromatic N) is 1. The molecule has 0 aliphatic carbocycles. The van der Waals surface area contributed by atoms with Crippen molar-refractivity contribution in [2.45, 2.75) is 26.7 Å². The quantitative estimate of drug-likeness (QED) is 0.398. The molecule has 0 aliphatic heterocycles. The second kappa shape index (κ2) is 9.31. The van der Waals surface area contributed by atoms with Crippen LogP contribution in [0.2, 0.25) is 0 Å². The topological polar surface area (TPSA) is 70.6 Å². The number of benzene rings is 2. The molecule has 0 bridgehead atoms. The predicted molar refractivity (Wildman–Crippen MR) is 109 cm³/mol. The average molecular weight is 449 g/mol. The summed E-state index contributed by atoms with van der Waals surface area (Å²) < 4.78 is 0.972. The van der Waals surface area contributed by atoms with Gasteiger partial charge in [-0.1, -0.05) is 31.2 Å². The predicted octanol–water partition coefficient (Wildman–Crippen LogP) is 3.99. The molecule has 0 heterocycles. The van der Waals surface area contributed by atoms with Crippen LogP contribution in [0, 0.1) is 3.57 Å². The van der Waals surface area contributed by atoms with Gasteiger partial charge in [-0.25, -0.2) is 5.43 Å². The molecule has 0 spiro atoms. The Hall–Kier alpha value is -2.22. The van der Waals surface area contributed by atoms with E-state index in [0.29, 0.717) is 11.3 Å². The Morgan fingerprint density at radius 3 is 2.60 bits per heavy atom. The number of nitrogens with one attached hydrogen (secondary N) is 2. The van der Waals surface area contributed by atoms with Crippen molar-refractivity contribution in [1.82, 2.24) is 5.43 Å². The van der Waals surface area contributed by atoms with Crippen LogP contribution in [0.3, 0.4) is 0 Å². The van der Waals surface area contributed by atoms with Crippen LogP contribution in [0.15, 0.2) is 53.6 Å². The van der Waals surface area contributed by atoms with Gasteiger partial charge >= 0.3 is 0 Å². The number of carbonyl (C=O) groups excluding carboxylic acids is 2. The largest absolute Gasteiger partial charge is 0.326 e. The average Bonchev–Trinajstić information content (AvgIpc) is 2.60. The highest BCUT2D eigenvalue weighted by molar-refractivity contribution is 14.1. The second-order valence-corrected chi connectivity index (χ2v) is 6.78. The molecular weight excluding hydrogens is 429 g/mol. The molecule has 0 radical (unpaired) electrons. The molecule has 2 aromatic rings. The van der Waals surface area contributed by atoms with Crippen molar-refractivity contribution in [3.05, 3.63) is 63.2 Å². The van der Waals surface area contributed by atoms with Gasteiger partial charge in [0.25, 0.3) is 5.91 Å². The van der Waals surface area contributed by atoms with Gasteiger partial charge in [-0.05, 0) is 65.8 Å². The number of rotatable bonds is 6. The number of amides is 2. The third-order valence-electron chi connectivity index (χ3n) is 3.52. The molecule has 0 aliphatic rings. The highest BCUT2D eigenvalue weighted by Crippen LogP contribution is 2.15. The molecule has 0 fully saturated rings. The summed E-state index contributed by atoms with van der Waals surface area (Å²) >= 11 is 2.14. The molecule has 2 aromatic carbocycles. The molecule has 0 saturated heterocycles. The van der Waals surface area contributed by atoms with Gasteiger partial charge in [0.2, 0.25) is 5.91 Å². The Bertz CT molecular complexity index is 803. The van der Waals surface area contributed by atoms with Crippen molar-refractivity contribution in [3.63, 3.8) is 0 Å². The zero-order valence-corrected chi connectivity index (χ0v) is 16.3. The summed E-state index contributed by atoms with van der Waals surface area (Å²) in [4.78, 5) is 24.2. The van der Waals surface area contributed by atoms with Crippen LogP contribution in [0.5, 0.6) is 0 Å². The number of hydrazone groups is 1. The van der Waals surface area contributed by atoms with E-state index in [1.165, 1.54) is 0 Å². The molecule has 2 rings (SSSR count). The van der Waals surface area contributed by atoms with Gasteiger partial charge in [0, 0.05) is 20.5 Å². The van der Waals surface area contributed by atoms with Gasteiger partial charge in [-0.3, -0.25) is 9.59 Å². The number of aryl methyl sites for hydroxylation is 1. The summed E-state index contributed by atoms with van der Waals surface area (Å²) in [6.45, 7) is 3.75. The number of carbonyl (C=O) groups is 2. The van der Waals surface area contributed by atoms with Gasteiger partial charge in [0.15, 0.2) is 0 Å². The molecule has 0 unspecified atom stereocenters. The van der Waals surface area contributed by atoms with Crippen LogP contribution in [-0.4, -0.2) is 17.5 Å². The van der Waals surface area contributed by atoms with Gasteiger partial charge in [-0.2, -0.15) is 5.10 Å². The molecule has 25 heavy (non-hydrogen) atoms. The molecule has 6 heteroatoms. The van der Waals surface area contributed by atoms with E-state index >= 15 is 0 Å². The molecule has 0 saturated carbocycles. The molecule has 2 amide bonds. The lowest BCUT2D eigenvalue weighted by molar-refractivity contribution is -0.115. The minimum atomic E-state index is -0.297. The highest BCUT2D eigenvalue weighted by Gasteiger charge is 2.08. The van der Waals surface area contributed by atoms with E-state index in [2.05, 4.69) is 38.4 Å². The zero-order valence-electron chi connectivity index (χ0n) is 14.2. The van der Waals surface area contributed by atoms with Gasteiger partial charge in [0.1, 0.15) is 0 Å². The molecule has 130 valence electrons. The van der Waals surface area contributed by atoms with E-state index < -0.39 is 0 Å². The summed E-state index contributed by atoms with van der Waals surface area (Å²) in [5.74, 6) is -0.458.